The molecule has 0 aromatic heterocycles. The SMILES string of the molecule is COc1cc([N+](=O)[O-])cc(C=Nc2cc(Cl)ccc2C)c1O. The highest BCUT2D eigenvalue weighted by molar-refractivity contribution is 6.30. The fraction of sp³-hybridized carbons (Fsp3) is 0.133. The monoisotopic (exact) mass is 320 g/mol. The van der Waals surface area contributed by atoms with Crippen LogP contribution >= 0.6 is 11.6 Å². The molecule has 2 aromatic rings. The van der Waals surface area contributed by atoms with Gasteiger partial charge in [-0.25, -0.2) is 0 Å². The van der Waals surface area contributed by atoms with E-state index in [0.717, 1.165) is 11.6 Å². The number of phenolic OH excluding ortho intramolecular Hbond substituents is 1. The van der Waals surface area contributed by atoms with Crippen LogP contribution in [-0.2, 0) is 0 Å². The molecule has 0 saturated heterocycles. The predicted octanol–water partition coefficient (Wildman–Crippen LogP) is 4.02. The second kappa shape index (κ2) is 6.44. The molecule has 0 aliphatic rings. The van der Waals surface area contributed by atoms with Gasteiger partial charge in [-0.1, -0.05) is 17.7 Å². The molecule has 114 valence electrons. The Labute approximate surface area is 131 Å². The normalized spacial score (nSPS) is 10.9. The number of aliphatic imine (C=N–C) groups is 1. The number of hydrogen-bond acceptors (Lipinski definition) is 5. The van der Waals surface area contributed by atoms with E-state index in [-0.39, 0.29) is 22.7 Å². The van der Waals surface area contributed by atoms with Gasteiger partial charge in [-0.3, -0.25) is 15.1 Å². The van der Waals surface area contributed by atoms with Crippen molar-refractivity contribution in [1.82, 2.24) is 0 Å². The van der Waals surface area contributed by atoms with Gasteiger partial charge in [-0.05, 0) is 24.6 Å². The van der Waals surface area contributed by atoms with Crippen molar-refractivity contribution in [3.8, 4) is 11.5 Å². The summed E-state index contributed by atoms with van der Waals surface area (Å²) in [6.45, 7) is 1.86. The number of hydrogen-bond donors (Lipinski definition) is 1. The van der Waals surface area contributed by atoms with Gasteiger partial charge in [0.2, 0.25) is 0 Å². The Morgan fingerprint density at radius 3 is 2.73 bits per heavy atom. The van der Waals surface area contributed by atoms with Crippen LogP contribution in [0.15, 0.2) is 35.3 Å². The summed E-state index contributed by atoms with van der Waals surface area (Å²) >= 11 is 5.91. The number of nitro benzene ring substituents is 1. The number of ether oxygens (including phenoxy) is 1. The lowest BCUT2D eigenvalue weighted by atomic mass is 10.1. The van der Waals surface area contributed by atoms with Crippen LogP contribution in [-0.4, -0.2) is 23.4 Å². The molecule has 0 fully saturated rings. The smallest absolute Gasteiger partial charge is 0.274 e. The summed E-state index contributed by atoms with van der Waals surface area (Å²) in [7, 11) is 1.32. The number of rotatable bonds is 4. The van der Waals surface area contributed by atoms with Gasteiger partial charge < -0.3 is 9.84 Å². The molecule has 0 aliphatic heterocycles. The third-order valence-electron chi connectivity index (χ3n) is 3.03. The summed E-state index contributed by atoms with van der Waals surface area (Å²) in [6.07, 6.45) is 1.34. The number of methoxy groups -OCH3 is 1. The Kier molecular flexibility index (Phi) is 4.62. The Bertz CT molecular complexity index is 759. The van der Waals surface area contributed by atoms with Crippen molar-refractivity contribution in [3.05, 3.63) is 56.6 Å². The molecule has 0 unspecified atom stereocenters. The van der Waals surface area contributed by atoms with Gasteiger partial charge in [0.25, 0.3) is 5.69 Å². The molecule has 0 aliphatic carbocycles. The van der Waals surface area contributed by atoms with Gasteiger partial charge in [-0.2, -0.15) is 0 Å². The number of aromatic hydroxyl groups is 1. The highest BCUT2D eigenvalue weighted by Gasteiger charge is 2.15. The lowest BCUT2D eigenvalue weighted by Gasteiger charge is -2.06. The van der Waals surface area contributed by atoms with Crippen LogP contribution in [0.3, 0.4) is 0 Å². The fourth-order valence-corrected chi connectivity index (χ4v) is 2.00. The number of benzene rings is 2. The minimum absolute atomic E-state index is 0.0125. The third-order valence-corrected chi connectivity index (χ3v) is 3.27. The molecule has 2 rings (SSSR count). The molecule has 0 atom stereocenters. The third kappa shape index (κ3) is 3.35. The summed E-state index contributed by atoms with van der Waals surface area (Å²) < 4.78 is 4.93. The highest BCUT2D eigenvalue weighted by Crippen LogP contribution is 2.34. The summed E-state index contributed by atoms with van der Waals surface area (Å²) in [4.78, 5) is 14.6. The lowest BCUT2D eigenvalue weighted by molar-refractivity contribution is -0.385. The zero-order valence-electron chi connectivity index (χ0n) is 11.9. The molecule has 0 saturated carbocycles. The van der Waals surface area contributed by atoms with Crippen molar-refractivity contribution < 1.29 is 14.8 Å². The van der Waals surface area contributed by atoms with Gasteiger partial charge in [0, 0.05) is 22.9 Å². The molecule has 1 N–H and O–H groups in total. The van der Waals surface area contributed by atoms with E-state index in [2.05, 4.69) is 4.99 Å². The predicted molar refractivity (Wildman–Crippen MR) is 84.8 cm³/mol. The first-order valence-electron chi connectivity index (χ1n) is 6.28. The standard InChI is InChI=1S/C15H13ClN2O4/c1-9-3-4-11(16)6-13(9)17-8-10-5-12(18(20)21)7-14(22-2)15(10)19/h3-8,19H,1-2H3. The molecule has 0 radical (unpaired) electrons. The molecule has 0 bridgehead atoms. The van der Waals surface area contributed by atoms with Gasteiger partial charge in [0.1, 0.15) is 0 Å². The average Bonchev–Trinajstić information content (AvgIpc) is 2.49. The number of aryl methyl sites for hydroxylation is 1. The van der Waals surface area contributed by atoms with E-state index < -0.39 is 4.92 Å². The van der Waals surface area contributed by atoms with E-state index in [4.69, 9.17) is 16.3 Å². The zero-order chi connectivity index (χ0) is 16.3. The summed E-state index contributed by atoms with van der Waals surface area (Å²) in [5.41, 5.74) is 1.49. The van der Waals surface area contributed by atoms with E-state index in [1.807, 2.05) is 13.0 Å². The van der Waals surface area contributed by atoms with Crippen molar-refractivity contribution in [2.24, 2.45) is 4.99 Å². The van der Waals surface area contributed by atoms with E-state index in [1.165, 1.54) is 19.4 Å². The maximum Gasteiger partial charge on any atom is 0.274 e. The van der Waals surface area contributed by atoms with Crippen molar-refractivity contribution in [2.45, 2.75) is 6.92 Å². The minimum Gasteiger partial charge on any atom is -0.504 e. The minimum atomic E-state index is -0.566. The van der Waals surface area contributed by atoms with Gasteiger partial charge in [-0.15, -0.1) is 0 Å². The molecule has 0 amide bonds. The largest absolute Gasteiger partial charge is 0.504 e. The number of nitrogens with zero attached hydrogens (tertiary/aromatic N) is 2. The first-order valence-corrected chi connectivity index (χ1v) is 6.65. The molecule has 6 nitrogen and oxygen atoms in total. The first kappa shape index (κ1) is 15.8. The molecule has 0 spiro atoms. The molecule has 7 heteroatoms. The van der Waals surface area contributed by atoms with E-state index in [9.17, 15) is 15.2 Å². The summed E-state index contributed by atoms with van der Waals surface area (Å²) in [5, 5.41) is 21.5. The lowest BCUT2D eigenvalue weighted by Crippen LogP contribution is -1.94. The molecule has 2 aromatic carbocycles. The second-order valence-corrected chi connectivity index (χ2v) is 4.97. The van der Waals surface area contributed by atoms with Gasteiger partial charge >= 0.3 is 0 Å². The second-order valence-electron chi connectivity index (χ2n) is 4.53. The number of nitro groups is 1. The molecular weight excluding hydrogens is 308 g/mol. The topological polar surface area (TPSA) is 85.0 Å². The number of phenols is 1. The number of non-ortho nitro benzene ring substituents is 1. The fourth-order valence-electron chi connectivity index (χ4n) is 1.83. The maximum atomic E-state index is 10.9. The Hall–Kier alpha value is -2.60. The van der Waals surface area contributed by atoms with Crippen LogP contribution in [0.4, 0.5) is 11.4 Å². The Balaban J connectivity index is 2.48. The van der Waals surface area contributed by atoms with Crippen LogP contribution in [0.25, 0.3) is 0 Å². The quantitative estimate of drug-likeness (QED) is 0.523. The van der Waals surface area contributed by atoms with Crippen molar-refractivity contribution >= 4 is 29.2 Å². The van der Waals surface area contributed by atoms with Crippen LogP contribution in [0.5, 0.6) is 11.5 Å². The van der Waals surface area contributed by atoms with Crippen LogP contribution < -0.4 is 4.74 Å². The summed E-state index contributed by atoms with van der Waals surface area (Å²) in [6, 6.07) is 7.59. The van der Waals surface area contributed by atoms with E-state index >= 15 is 0 Å². The highest BCUT2D eigenvalue weighted by atomic mass is 35.5. The molecule has 0 heterocycles. The first-order chi connectivity index (χ1) is 10.4. The van der Waals surface area contributed by atoms with E-state index in [0.29, 0.717) is 10.7 Å². The average molecular weight is 321 g/mol. The van der Waals surface area contributed by atoms with Crippen LogP contribution in [0, 0.1) is 17.0 Å². The zero-order valence-corrected chi connectivity index (χ0v) is 12.7. The number of halogens is 1. The molecule has 22 heavy (non-hydrogen) atoms. The van der Waals surface area contributed by atoms with Crippen LogP contribution in [0.1, 0.15) is 11.1 Å². The Morgan fingerprint density at radius 1 is 1.36 bits per heavy atom. The molecular formula is C15H13ClN2O4. The van der Waals surface area contributed by atoms with E-state index in [1.54, 1.807) is 12.1 Å². The van der Waals surface area contributed by atoms with Crippen molar-refractivity contribution in [3.63, 3.8) is 0 Å². The van der Waals surface area contributed by atoms with Gasteiger partial charge in [0.15, 0.2) is 11.5 Å². The summed E-state index contributed by atoms with van der Waals surface area (Å²) in [5.74, 6) is -0.199. The van der Waals surface area contributed by atoms with Crippen LogP contribution in [0.2, 0.25) is 5.02 Å². The van der Waals surface area contributed by atoms with Crippen molar-refractivity contribution in [1.29, 1.82) is 0 Å². The van der Waals surface area contributed by atoms with Gasteiger partial charge in [0.05, 0.1) is 23.8 Å². The van der Waals surface area contributed by atoms with Crippen molar-refractivity contribution in [2.75, 3.05) is 7.11 Å². The maximum absolute atomic E-state index is 10.9. The Morgan fingerprint density at radius 2 is 2.09 bits per heavy atom.